The van der Waals surface area contributed by atoms with E-state index in [4.69, 9.17) is 0 Å². The minimum Gasteiger partial charge on any atom is -0.506 e. The Bertz CT molecular complexity index is 570. The molecule has 1 unspecified atom stereocenters. The van der Waals surface area contributed by atoms with Gasteiger partial charge in [-0.3, -0.25) is 0 Å². The fraction of sp³-hybridized carbons (Fsp3) is 0.250. The number of phenols is 1. The number of nitrogens with one attached hydrogen (secondary N) is 1. The lowest BCUT2D eigenvalue weighted by molar-refractivity contribution is 0.0566. The van der Waals surface area contributed by atoms with Crippen molar-refractivity contribution in [2.75, 3.05) is 6.54 Å². The van der Waals surface area contributed by atoms with Gasteiger partial charge in [-0.25, -0.2) is 0 Å². The molecule has 20 heavy (non-hydrogen) atoms. The van der Waals surface area contributed by atoms with E-state index in [2.05, 4.69) is 21.2 Å². The molecule has 3 nitrogen and oxygen atoms in total. The molecule has 3 N–H and O–H groups in total. The van der Waals surface area contributed by atoms with Crippen LogP contribution in [0, 0.1) is 0 Å². The van der Waals surface area contributed by atoms with Crippen LogP contribution < -0.4 is 5.32 Å². The van der Waals surface area contributed by atoms with Crippen molar-refractivity contribution in [1.82, 2.24) is 5.32 Å². The summed E-state index contributed by atoms with van der Waals surface area (Å²) in [6.07, 6.45) is 0. The van der Waals surface area contributed by atoms with Crippen molar-refractivity contribution in [1.29, 1.82) is 0 Å². The van der Waals surface area contributed by atoms with Crippen LogP contribution in [0.3, 0.4) is 0 Å². The normalized spacial score (nSPS) is 13.9. The first-order valence-corrected chi connectivity index (χ1v) is 7.25. The van der Waals surface area contributed by atoms with Crippen LogP contribution in [0.2, 0.25) is 0 Å². The van der Waals surface area contributed by atoms with E-state index in [-0.39, 0.29) is 5.75 Å². The van der Waals surface area contributed by atoms with Crippen LogP contribution in [-0.2, 0) is 12.1 Å². The number of benzene rings is 2. The molecule has 0 saturated heterocycles. The number of para-hydroxylation sites is 1. The molecule has 0 bridgehead atoms. The van der Waals surface area contributed by atoms with Crippen molar-refractivity contribution in [3.05, 3.63) is 64.1 Å². The third-order valence-electron chi connectivity index (χ3n) is 3.25. The topological polar surface area (TPSA) is 52.5 Å². The van der Waals surface area contributed by atoms with Crippen LogP contribution >= 0.6 is 15.9 Å². The lowest BCUT2D eigenvalue weighted by Gasteiger charge is -2.24. The molecule has 0 fully saturated rings. The maximum absolute atomic E-state index is 10.5. The average molecular weight is 336 g/mol. The molecule has 0 amide bonds. The van der Waals surface area contributed by atoms with E-state index in [0.29, 0.717) is 17.6 Å². The molecule has 1 atom stereocenters. The van der Waals surface area contributed by atoms with Crippen molar-refractivity contribution in [3.8, 4) is 5.75 Å². The van der Waals surface area contributed by atoms with Crippen LogP contribution in [0.5, 0.6) is 5.75 Å². The Morgan fingerprint density at radius 3 is 2.50 bits per heavy atom. The first-order chi connectivity index (χ1) is 9.50. The standard InChI is InChI=1S/C16H18BrNO2/c1-16(20,13-7-3-2-4-8-13)11-18-10-12-6-5-9-14(17)15(12)19/h2-9,18-20H,10-11H2,1H3. The highest BCUT2D eigenvalue weighted by atomic mass is 79.9. The van der Waals surface area contributed by atoms with Gasteiger partial charge < -0.3 is 15.5 Å². The Morgan fingerprint density at radius 2 is 1.80 bits per heavy atom. The van der Waals surface area contributed by atoms with Crippen molar-refractivity contribution >= 4 is 15.9 Å². The molecule has 0 saturated carbocycles. The molecule has 0 aliphatic rings. The van der Waals surface area contributed by atoms with Gasteiger partial charge in [0.15, 0.2) is 0 Å². The second-order valence-electron chi connectivity index (χ2n) is 4.99. The van der Waals surface area contributed by atoms with Crippen molar-refractivity contribution in [2.24, 2.45) is 0 Å². The Morgan fingerprint density at radius 1 is 1.10 bits per heavy atom. The number of rotatable bonds is 5. The second kappa shape index (κ2) is 6.39. The summed E-state index contributed by atoms with van der Waals surface area (Å²) in [4.78, 5) is 0. The van der Waals surface area contributed by atoms with Gasteiger partial charge >= 0.3 is 0 Å². The Hall–Kier alpha value is -1.36. The van der Waals surface area contributed by atoms with Gasteiger partial charge in [-0.2, -0.15) is 0 Å². The lowest BCUT2D eigenvalue weighted by atomic mass is 9.96. The summed E-state index contributed by atoms with van der Waals surface area (Å²) in [6.45, 7) is 2.67. The molecule has 2 aromatic carbocycles. The highest BCUT2D eigenvalue weighted by Crippen LogP contribution is 2.27. The first kappa shape index (κ1) is 15.0. The summed E-state index contributed by atoms with van der Waals surface area (Å²) in [7, 11) is 0. The maximum Gasteiger partial charge on any atom is 0.134 e. The van der Waals surface area contributed by atoms with Crippen molar-refractivity contribution in [3.63, 3.8) is 0 Å². The zero-order valence-electron chi connectivity index (χ0n) is 11.3. The van der Waals surface area contributed by atoms with Crippen LogP contribution in [0.15, 0.2) is 53.0 Å². The minimum atomic E-state index is -0.942. The summed E-state index contributed by atoms with van der Waals surface area (Å²) in [5.74, 6) is 0.236. The van der Waals surface area contributed by atoms with Gasteiger partial charge in [-0.05, 0) is 34.5 Å². The summed E-state index contributed by atoms with van der Waals surface area (Å²) in [5.41, 5.74) is 0.720. The van der Waals surface area contributed by atoms with E-state index in [1.807, 2.05) is 42.5 Å². The van der Waals surface area contributed by atoms with Gasteiger partial charge in [-0.1, -0.05) is 42.5 Å². The van der Waals surface area contributed by atoms with Crippen LogP contribution in [0.25, 0.3) is 0 Å². The number of aromatic hydroxyl groups is 1. The molecular formula is C16H18BrNO2. The third kappa shape index (κ3) is 3.60. The molecule has 0 aliphatic heterocycles. The Balaban J connectivity index is 1.97. The van der Waals surface area contributed by atoms with Crippen LogP contribution in [-0.4, -0.2) is 16.8 Å². The van der Waals surface area contributed by atoms with Gasteiger partial charge in [0.25, 0.3) is 0 Å². The second-order valence-corrected chi connectivity index (χ2v) is 5.85. The molecule has 106 valence electrons. The molecule has 2 aromatic rings. The highest BCUT2D eigenvalue weighted by molar-refractivity contribution is 9.10. The molecule has 4 heteroatoms. The first-order valence-electron chi connectivity index (χ1n) is 6.46. The van der Waals surface area contributed by atoms with Gasteiger partial charge in [0.05, 0.1) is 10.1 Å². The number of phenolic OH excluding ortho intramolecular Hbond substituents is 1. The number of hydrogen-bond acceptors (Lipinski definition) is 3. The van der Waals surface area contributed by atoms with E-state index in [1.54, 1.807) is 13.0 Å². The van der Waals surface area contributed by atoms with Crippen LogP contribution in [0.4, 0.5) is 0 Å². The van der Waals surface area contributed by atoms with Gasteiger partial charge in [0.1, 0.15) is 5.75 Å². The highest BCUT2D eigenvalue weighted by Gasteiger charge is 2.22. The number of aliphatic hydroxyl groups is 1. The van der Waals surface area contributed by atoms with Crippen LogP contribution in [0.1, 0.15) is 18.1 Å². The minimum absolute atomic E-state index is 0.236. The van der Waals surface area contributed by atoms with Gasteiger partial charge in [0.2, 0.25) is 0 Å². The molecule has 0 aromatic heterocycles. The zero-order chi connectivity index (χ0) is 14.6. The predicted molar refractivity (Wildman–Crippen MR) is 83.5 cm³/mol. The molecule has 2 rings (SSSR count). The van der Waals surface area contributed by atoms with E-state index < -0.39 is 5.60 Å². The van der Waals surface area contributed by atoms with E-state index >= 15 is 0 Å². The summed E-state index contributed by atoms with van der Waals surface area (Å²) in [6, 6.07) is 15.1. The SMILES string of the molecule is CC(O)(CNCc1cccc(Br)c1O)c1ccccc1. The zero-order valence-corrected chi connectivity index (χ0v) is 12.9. The van der Waals surface area contributed by atoms with Crippen molar-refractivity contribution < 1.29 is 10.2 Å². The van der Waals surface area contributed by atoms with Crippen molar-refractivity contribution in [2.45, 2.75) is 19.1 Å². The van der Waals surface area contributed by atoms with E-state index in [9.17, 15) is 10.2 Å². The summed E-state index contributed by atoms with van der Waals surface area (Å²) < 4.78 is 0.673. The fourth-order valence-electron chi connectivity index (χ4n) is 2.04. The predicted octanol–water partition coefficient (Wildman–Crippen LogP) is 3.15. The molecular weight excluding hydrogens is 318 g/mol. The van der Waals surface area contributed by atoms with Gasteiger partial charge in [-0.15, -0.1) is 0 Å². The Labute approximate surface area is 127 Å². The van der Waals surface area contributed by atoms with Gasteiger partial charge in [0, 0.05) is 18.7 Å². The molecule has 0 heterocycles. The molecule has 0 radical (unpaired) electrons. The average Bonchev–Trinajstić information content (AvgIpc) is 2.44. The quantitative estimate of drug-likeness (QED) is 0.786. The third-order valence-corrected chi connectivity index (χ3v) is 3.89. The monoisotopic (exact) mass is 335 g/mol. The largest absolute Gasteiger partial charge is 0.506 e. The number of hydrogen-bond donors (Lipinski definition) is 3. The Kier molecular flexibility index (Phi) is 4.81. The maximum atomic E-state index is 10.5. The van der Waals surface area contributed by atoms with E-state index in [0.717, 1.165) is 11.1 Å². The number of halogens is 1. The lowest BCUT2D eigenvalue weighted by Crippen LogP contribution is -2.35. The fourth-order valence-corrected chi connectivity index (χ4v) is 2.45. The summed E-state index contributed by atoms with van der Waals surface area (Å²) in [5, 5.41) is 23.5. The molecule has 0 spiro atoms. The van der Waals surface area contributed by atoms with E-state index in [1.165, 1.54) is 0 Å². The smallest absolute Gasteiger partial charge is 0.134 e. The molecule has 0 aliphatic carbocycles. The summed E-state index contributed by atoms with van der Waals surface area (Å²) >= 11 is 3.29.